The van der Waals surface area contributed by atoms with Crippen molar-refractivity contribution in [1.29, 1.82) is 0 Å². The van der Waals surface area contributed by atoms with E-state index in [4.69, 9.17) is 0 Å². The van der Waals surface area contributed by atoms with Gasteiger partial charge >= 0.3 is 6.09 Å². The van der Waals surface area contributed by atoms with Crippen molar-refractivity contribution in [2.24, 2.45) is 5.92 Å². The Balaban J connectivity index is 3.40. The van der Waals surface area contributed by atoms with Crippen LogP contribution < -0.4 is 5.32 Å². The third-order valence-corrected chi connectivity index (χ3v) is 1.97. The van der Waals surface area contributed by atoms with Crippen molar-refractivity contribution >= 4 is 6.09 Å². The van der Waals surface area contributed by atoms with Gasteiger partial charge in [-0.3, -0.25) is 0 Å². The molecule has 0 aromatic heterocycles. The molecule has 3 nitrogen and oxygen atoms in total. The molecule has 0 spiro atoms. The Hall–Kier alpha value is -0.730. The first kappa shape index (κ1) is 12.3. The zero-order valence-electron chi connectivity index (χ0n) is 9.09. The predicted molar refractivity (Wildman–Crippen MR) is 53.7 cm³/mol. The molecular formula is C10H21NO2. The molecule has 78 valence electrons. The molecule has 1 N–H and O–H groups in total. The molecule has 1 unspecified atom stereocenters. The summed E-state index contributed by atoms with van der Waals surface area (Å²) in [6.45, 7) is 6.41. The Labute approximate surface area is 80.8 Å². The zero-order chi connectivity index (χ0) is 10.3. The van der Waals surface area contributed by atoms with Crippen molar-refractivity contribution in [2.45, 2.75) is 46.1 Å². The molecule has 0 rings (SSSR count). The summed E-state index contributed by atoms with van der Waals surface area (Å²) in [5.41, 5.74) is 0. The van der Waals surface area contributed by atoms with Crippen LogP contribution in [0.25, 0.3) is 0 Å². The Morgan fingerprint density at radius 2 is 1.92 bits per heavy atom. The lowest BCUT2D eigenvalue weighted by atomic mass is 10.0. The average molecular weight is 187 g/mol. The highest BCUT2D eigenvalue weighted by atomic mass is 16.5. The summed E-state index contributed by atoms with van der Waals surface area (Å²) in [5, 5.41) is 2.74. The van der Waals surface area contributed by atoms with Crippen molar-refractivity contribution in [1.82, 2.24) is 5.32 Å². The number of amides is 1. The van der Waals surface area contributed by atoms with Gasteiger partial charge in [0, 0.05) is 6.04 Å². The van der Waals surface area contributed by atoms with Crippen LogP contribution in [0.2, 0.25) is 0 Å². The van der Waals surface area contributed by atoms with E-state index in [1.54, 1.807) is 0 Å². The standard InChI is InChI=1S/C10H21NO2/c1-8(2)6-5-7-9(3)11-10(12)13-4/h8-9H,5-7H2,1-4H3,(H,11,12). The van der Waals surface area contributed by atoms with Crippen LogP contribution in [0.15, 0.2) is 0 Å². The van der Waals surface area contributed by atoms with Gasteiger partial charge in [0.25, 0.3) is 0 Å². The van der Waals surface area contributed by atoms with Gasteiger partial charge in [0.15, 0.2) is 0 Å². The number of methoxy groups -OCH3 is 1. The van der Waals surface area contributed by atoms with Crippen LogP contribution in [0.5, 0.6) is 0 Å². The Kier molecular flexibility index (Phi) is 6.37. The van der Waals surface area contributed by atoms with Crippen molar-refractivity contribution in [3.8, 4) is 0 Å². The van der Waals surface area contributed by atoms with E-state index in [-0.39, 0.29) is 12.1 Å². The molecule has 0 aliphatic rings. The van der Waals surface area contributed by atoms with Gasteiger partial charge in [-0.05, 0) is 19.3 Å². The molecule has 0 fully saturated rings. The second-order valence-corrected chi connectivity index (χ2v) is 3.86. The van der Waals surface area contributed by atoms with Crippen molar-refractivity contribution in [3.63, 3.8) is 0 Å². The van der Waals surface area contributed by atoms with Crippen molar-refractivity contribution in [2.75, 3.05) is 7.11 Å². The predicted octanol–water partition coefficient (Wildman–Crippen LogP) is 2.56. The van der Waals surface area contributed by atoms with Gasteiger partial charge in [-0.25, -0.2) is 4.79 Å². The van der Waals surface area contributed by atoms with Gasteiger partial charge in [0.1, 0.15) is 0 Å². The maximum Gasteiger partial charge on any atom is 0.407 e. The molecule has 0 radical (unpaired) electrons. The van der Waals surface area contributed by atoms with Gasteiger partial charge < -0.3 is 10.1 Å². The highest BCUT2D eigenvalue weighted by molar-refractivity contribution is 5.67. The minimum absolute atomic E-state index is 0.214. The Morgan fingerprint density at radius 1 is 1.31 bits per heavy atom. The van der Waals surface area contributed by atoms with Gasteiger partial charge in [0.05, 0.1) is 7.11 Å². The van der Waals surface area contributed by atoms with Gasteiger partial charge in [0.2, 0.25) is 0 Å². The molecule has 0 aromatic rings. The van der Waals surface area contributed by atoms with E-state index in [1.165, 1.54) is 13.5 Å². The van der Waals surface area contributed by atoms with Crippen LogP contribution in [0.3, 0.4) is 0 Å². The molecule has 3 heteroatoms. The molecule has 1 atom stereocenters. The lowest BCUT2D eigenvalue weighted by Crippen LogP contribution is -2.32. The van der Waals surface area contributed by atoms with E-state index in [0.717, 1.165) is 18.8 Å². The molecule has 0 aromatic carbocycles. The summed E-state index contributed by atoms with van der Waals surface area (Å²) < 4.78 is 4.50. The van der Waals surface area contributed by atoms with Crippen LogP contribution in [-0.4, -0.2) is 19.2 Å². The first-order valence-electron chi connectivity index (χ1n) is 4.90. The Morgan fingerprint density at radius 3 is 2.38 bits per heavy atom. The third-order valence-electron chi connectivity index (χ3n) is 1.97. The Bertz CT molecular complexity index is 146. The fraction of sp³-hybridized carbons (Fsp3) is 0.900. The number of hydrogen-bond donors (Lipinski definition) is 1. The van der Waals surface area contributed by atoms with Crippen molar-refractivity contribution < 1.29 is 9.53 Å². The molecule has 0 bridgehead atoms. The normalized spacial score (nSPS) is 12.7. The molecule has 1 amide bonds. The van der Waals surface area contributed by atoms with Gasteiger partial charge in [-0.1, -0.05) is 26.7 Å². The van der Waals surface area contributed by atoms with Crippen molar-refractivity contribution in [3.05, 3.63) is 0 Å². The minimum atomic E-state index is -0.336. The van der Waals surface area contributed by atoms with Crippen LogP contribution in [0.4, 0.5) is 4.79 Å². The van der Waals surface area contributed by atoms with Crippen LogP contribution >= 0.6 is 0 Å². The molecule has 0 saturated carbocycles. The first-order chi connectivity index (χ1) is 6.06. The number of hydrogen-bond acceptors (Lipinski definition) is 2. The second kappa shape index (κ2) is 6.75. The summed E-state index contributed by atoms with van der Waals surface area (Å²) >= 11 is 0. The SMILES string of the molecule is COC(=O)NC(C)CCCC(C)C. The number of carbonyl (C=O) groups excluding carboxylic acids is 1. The fourth-order valence-electron chi connectivity index (χ4n) is 1.16. The largest absolute Gasteiger partial charge is 0.453 e. The number of carbonyl (C=O) groups is 1. The summed E-state index contributed by atoms with van der Waals surface area (Å²) in [4.78, 5) is 10.8. The molecule has 0 saturated heterocycles. The monoisotopic (exact) mass is 187 g/mol. The summed E-state index contributed by atoms with van der Waals surface area (Å²) in [6, 6.07) is 0.214. The molecule has 13 heavy (non-hydrogen) atoms. The maximum atomic E-state index is 10.8. The minimum Gasteiger partial charge on any atom is -0.453 e. The van der Waals surface area contributed by atoms with Crippen LogP contribution in [0, 0.1) is 5.92 Å². The maximum absolute atomic E-state index is 10.8. The van der Waals surface area contributed by atoms with E-state index in [0.29, 0.717) is 0 Å². The quantitative estimate of drug-likeness (QED) is 0.718. The van der Waals surface area contributed by atoms with E-state index in [2.05, 4.69) is 23.9 Å². The number of alkyl carbamates (subject to hydrolysis) is 1. The highest BCUT2D eigenvalue weighted by Gasteiger charge is 2.06. The van der Waals surface area contributed by atoms with Crippen LogP contribution in [-0.2, 0) is 4.74 Å². The zero-order valence-corrected chi connectivity index (χ0v) is 9.09. The number of rotatable bonds is 5. The van der Waals surface area contributed by atoms with Gasteiger partial charge in [-0.15, -0.1) is 0 Å². The average Bonchev–Trinajstić information content (AvgIpc) is 2.03. The fourth-order valence-corrected chi connectivity index (χ4v) is 1.16. The molecular weight excluding hydrogens is 166 g/mol. The number of nitrogens with one attached hydrogen (secondary N) is 1. The van der Waals surface area contributed by atoms with E-state index in [1.807, 2.05) is 6.92 Å². The summed E-state index contributed by atoms with van der Waals surface area (Å²) in [7, 11) is 1.39. The first-order valence-corrected chi connectivity index (χ1v) is 4.90. The topological polar surface area (TPSA) is 38.3 Å². The van der Waals surface area contributed by atoms with E-state index < -0.39 is 0 Å². The highest BCUT2D eigenvalue weighted by Crippen LogP contribution is 2.08. The lowest BCUT2D eigenvalue weighted by molar-refractivity contribution is 0.166. The number of ether oxygens (including phenoxy) is 1. The molecule has 0 heterocycles. The van der Waals surface area contributed by atoms with Crippen LogP contribution in [0.1, 0.15) is 40.0 Å². The molecule has 0 aliphatic carbocycles. The summed E-state index contributed by atoms with van der Waals surface area (Å²) in [5.74, 6) is 0.741. The van der Waals surface area contributed by atoms with Gasteiger partial charge in [-0.2, -0.15) is 0 Å². The third kappa shape index (κ3) is 7.62. The smallest absolute Gasteiger partial charge is 0.407 e. The lowest BCUT2D eigenvalue weighted by Gasteiger charge is -2.13. The summed E-state index contributed by atoms with van der Waals surface area (Å²) in [6.07, 6.45) is 3.06. The van der Waals surface area contributed by atoms with E-state index >= 15 is 0 Å². The molecule has 0 aliphatic heterocycles. The van der Waals surface area contributed by atoms with E-state index in [9.17, 15) is 4.79 Å². The second-order valence-electron chi connectivity index (χ2n) is 3.86.